The number of hydrogen-bond acceptors (Lipinski definition) is 4. The first-order valence-corrected chi connectivity index (χ1v) is 10.5. The molecule has 0 spiro atoms. The number of nitrogens with zero attached hydrogens (tertiary/aromatic N) is 1. The largest absolute Gasteiger partial charge is 0.326 e. The molecule has 1 atom stereocenters. The van der Waals surface area contributed by atoms with E-state index in [4.69, 9.17) is 0 Å². The lowest BCUT2D eigenvalue weighted by molar-refractivity contribution is -0.115. The van der Waals surface area contributed by atoms with Crippen molar-refractivity contribution < 1.29 is 4.79 Å². The van der Waals surface area contributed by atoms with Crippen LogP contribution in [0.5, 0.6) is 0 Å². The number of thiazole rings is 1. The maximum atomic E-state index is 12.3. The first kappa shape index (κ1) is 20.2. The molecule has 0 saturated carbocycles. The number of carbonyl (C=O) groups is 1. The van der Waals surface area contributed by atoms with Crippen LogP contribution in [0.25, 0.3) is 0 Å². The molecule has 1 heterocycles. The maximum Gasteiger partial charge on any atom is 0.231 e. The summed E-state index contributed by atoms with van der Waals surface area (Å²) in [5.41, 5.74) is 4.25. The molecule has 0 aliphatic heterocycles. The van der Waals surface area contributed by atoms with Gasteiger partial charge in [-0.25, -0.2) is 4.98 Å². The summed E-state index contributed by atoms with van der Waals surface area (Å²) in [6.07, 6.45) is 0.296. The van der Waals surface area contributed by atoms with Crippen molar-refractivity contribution >= 4 is 22.9 Å². The van der Waals surface area contributed by atoms with Gasteiger partial charge in [0.25, 0.3) is 0 Å². The van der Waals surface area contributed by atoms with Crippen molar-refractivity contribution in [2.45, 2.75) is 39.8 Å². The van der Waals surface area contributed by atoms with E-state index in [0.717, 1.165) is 16.4 Å². The molecule has 2 N–H and O–H groups in total. The summed E-state index contributed by atoms with van der Waals surface area (Å²) in [4.78, 5) is 16.9. The third-order valence-electron chi connectivity index (χ3n) is 4.57. The summed E-state index contributed by atoms with van der Waals surface area (Å²) < 4.78 is 0. The van der Waals surface area contributed by atoms with Crippen molar-refractivity contribution in [3.63, 3.8) is 0 Å². The molecule has 4 nitrogen and oxygen atoms in total. The maximum absolute atomic E-state index is 12.3. The molecule has 1 aromatic heterocycles. The quantitative estimate of drug-likeness (QED) is 0.558. The molecule has 0 saturated heterocycles. The van der Waals surface area contributed by atoms with Gasteiger partial charge in [0.1, 0.15) is 5.01 Å². The van der Waals surface area contributed by atoms with Gasteiger partial charge >= 0.3 is 0 Å². The topological polar surface area (TPSA) is 54.0 Å². The molecule has 3 rings (SSSR count). The van der Waals surface area contributed by atoms with Crippen LogP contribution in [-0.2, 0) is 17.8 Å². The minimum Gasteiger partial charge on any atom is -0.326 e. The summed E-state index contributed by atoms with van der Waals surface area (Å²) in [6.45, 7) is 7.14. The second kappa shape index (κ2) is 9.62. The van der Waals surface area contributed by atoms with Gasteiger partial charge in [-0.15, -0.1) is 11.3 Å². The fourth-order valence-electron chi connectivity index (χ4n) is 3.10. The lowest BCUT2D eigenvalue weighted by atomic mass is 9.96. The van der Waals surface area contributed by atoms with Crippen molar-refractivity contribution in [1.82, 2.24) is 10.3 Å². The Morgan fingerprint density at radius 1 is 1.07 bits per heavy atom. The van der Waals surface area contributed by atoms with Crippen molar-refractivity contribution in [3.8, 4) is 0 Å². The predicted octanol–water partition coefficient (Wildman–Crippen LogP) is 5.12. The van der Waals surface area contributed by atoms with E-state index in [-0.39, 0.29) is 11.9 Å². The Balaban J connectivity index is 1.54. The Labute approximate surface area is 171 Å². The lowest BCUT2D eigenvalue weighted by Gasteiger charge is -2.22. The lowest BCUT2D eigenvalue weighted by Crippen LogP contribution is -2.25. The van der Waals surface area contributed by atoms with Crippen LogP contribution in [0.15, 0.2) is 60.0 Å². The Kier molecular flexibility index (Phi) is 6.95. The van der Waals surface area contributed by atoms with Gasteiger partial charge < -0.3 is 10.6 Å². The Bertz CT molecular complexity index is 888. The van der Waals surface area contributed by atoms with E-state index in [9.17, 15) is 4.79 Å². The van der Waals surface area contributed by atoms with Gasteiger partial charge in [0.2, 0.25) is 5.91 Å². The normalized spacial score (nSPS) is 12.1. The third-order valence-corrected chi connectivity index (χ3v) is 5.47. The van der Waals surface area contributed by atoms with Gasteiger partial charge in [0, 0.05) is 23.7 Å². The number of amides is 1. The second-order valence-electron chi connectivity index (χ2n) is 7.34. The molecule has 1 unspecified atom stereocenters. The summed E-state index contributed by atoms with van der Waals surface area (Å²) in [5, 5.41) is 9.40. The first-order valence-electron chi connectivity index (χ1n) is 9.59. The van der Waals surface area contributed by atoms with Gasteiger partial charge in [-0.05, 0) is 30.5 Å². The highest BCUT2D eigenvalue weighted by Gasteiger charge is 2.16. The number of aryl methyl sites for hydroxylation is 1. The zero-order valence-electron chi connectivity index (χ0n) is 16.6. The van der Waals surface area contributed by atoms with E-state index in [2.05, 4.69) is 53.7 Å². The second-order valence-corrected chi connectivity index (χ2v) is 8.28. The van der Waals surface area contributed by atoms with Crippen LogP contribution in [0.1, 0.15) is 41.7 Å². The molecule has 28 heavy (non-hydrogen) atoms. The number of aromatic nitrogens is 1. The summed E-state index contributed by atoms with van der Waals surface area (Å²) in [5.74, 6) is 0.433. The minimum absolute atomic E-state index is 0.0398. The molecule has 1 amide bonds. The monoisotopic (exact) mass is 393 g/mol. The van der Waals surface area contributed by atoms with Crippen LogP contribution >= 0.6 is 11.3 Å². The summed E-state index contributed by atoms with van der Waals surface area (Å²) in [6, 6.07) is 18.6. The van der Waals surface area contributed by atoms with E-state index >= 15 is 0 Å². The van der Waals surface area contributed by atoms with E-state index < -0.39 is 0 Å². The van der Waals surface area contributed by atoms with Crippen LogP contribution in [-0.4, -0.2) is 10.9 Å². The van der Waals surface area contributed by atoms with Crippen LogP contribution < -0.4 is 10.6 Å². The molecule has 2 aromatic carbocycles. The number of hydrogen-bond donors (Lipinski definition) is 2. The number of benzene rings is 2. The Morgan fingerprint density at radius 2 is 1.79 bits per heavy atom. The summed E-state index contributed by atoms with van der Waals surface area (Å²) >= 11 is 1.53. The average molecular weight is 394 g/mol. The zero-order valence-corrected chi connectivity index (χ0v) is 17.4. The van der Waals surface area contributed by atoms with E-state index in [0.29, 0.717) is 18.9 Å². The molecule has 0 radical (unpaired) electrons. The van der Waals surface area contributed by atoms with Crippen molar-refractivity contribution in [2.24, 2.45) is 5.92 Å². The average Bonchev–Trinajstić information content (AvgIpc) is 3.11. The van der Waals surface area contributed by atoms with Gasteiger partial charge in [-0.3, -0.25) is 4.79 Å². The first-order chi connectivity index (χ1) is 13.5. The van der Waals surface area contributed by atoms with Gasteiger partial charge in [0.15, 0.2) is 0 Å². The van der Waals surface area contributed by atoms with Crippen molar-refractivity contribution in [2.75, 3.05) is 5.32 Å². The van der Waals surface area contributed by atoms with Crippen molar-refractivity contribution in [3.05, 3.63) is 81.8 Å². The van der Waals surface area contributed by atoms with E-state index in [1.165, 1.54) is 22.5 Å². The fourth-order valence-corrected chi connectivity index (χ4v) is 3.90. The number of rotatable bonds is 8. The highest BCUT2D eigenvalue weighted by atomic mass is 32.1. The fraction of sp³-hybridized carbons (Fsp3) is 0.304. The van der Waals surface area contributed by atoms with Crippen LogP contribution in [0.3, 0.4) is 0 Å². The highest BCUT2D eigenvalue weighted by molar-refractivity contribution is 7.09. The predicted molar refractivity (Wildman–Crippen MR) is 116 cm³/mol. The zero-order chi connectivity index (χ0) is 19.9. The van der Waals surface area contributed by atoms with E-state index in [1.54, 1.807) is 0 Å². The molecular weight excluding hydrogens is 366 g/mol. The van der Waals surface area contributed by atoms with Gasteiger partial charge in [-0.1, -0.05) is 61.9 Å². The van der Waals surface area contributed by atoms with Crippen LogP contribution in [0, 0.1) is 12.8 Å². The SMILES string of the molecule is Cc1ccc(NC(=O)Cc2nc(CNC(c3ccccc3)C(C)C)cs2)cc1. The molecule has 0 aliphatic rings. The van der Waals surface area contributed by atoms with Crippen LogP contribution in [0.4, 0.5) is 5.69 Å². The summed E-state index contributed by atoms with van der Waals surface area (Å²) in [7, 11) is 0. The molecule has 5 heteroatoms. The molecular formula is C23H27N3OS. The number of nitrogens with one attached hydrogen (secondary N) is 2. The smallest absolute Gasteiger partial charge is 0.231 e. The minimum atomic E-state index is -0.0398. The molecule has 0 fully saturated rings. The van der Waals surface area contributed by atoms with Crippen molar-refractivity contribution in [1.29, 1.82) is 0 Å². The van der Waals surface area contributed by atoms with Gasteiger partial charge in [-0.2, -0.15) is 0 Å². The molecule has 3 aromatic rings. The Hall–Kier alpha value is -2.50. The van der Waals surface area contributed by atoms with Gasteiger partial charge in [0.05, 0.1) is 12.1 Å². The third kappa shape index (κ3) is 5.75. The molecule has 0 aliphatic carbocycles. The Morgan fingerprint density at radius 3 is 2.46 bits per heavy atom. The number of anilines is 1. The highest BCUT2D eigenvalue weighted by Crippen LogP contribution is 2.22. The molecule has 0 bridgehead atoms. The number of carbonyl (C=O) groups excluding carboxylic acids is 1. The van der Waals surface area contributed by atoms with E-state index in [1.807, 2.05) is 42.6 Å². The standard InChI is InChI=1S/C23H27N3OS/c1-16(2)23(18-7-5-4-6-8-18)24-14-20-15-28-22(26-20)13-21(27)25-19-11-9-17(3)10-12-19/h4-12,15-16,23-24H,13-14H2,1-3H3,(H,25,27). The molecule has 146 valence electrons. The van der Waals surface area contributed by atoms with Crippen LogP contribution in [0.2, 0.25) is 0 Å².